The monoisotopic (exact) mass is 255 g/mol. The fraction of sp³-hybridized carbons (Fsp3) is 0.571. The highest BCUT2D eigenvalue weighted by Gasteiger charge is 2.18. The molecule has 0 aliphatic heterocycles. The Morgan fingerprint density at radius 1 is 1.24 bits per heavy atom. The minimum atomic E-state index is 0.285. The number of hydrogen-bond donors (Lipinski definition) is 1. The zero-order chi connectivity index (χ0) is 12.9. The fourth-order valence-corrected chi connectivity index (χ4v) is 1.95. The number of benzene rings is 1. The van der Waals surface area contributed by atoms with Gasteiger partial charge in [-0.1, -0.05) is 32.4 Å². The van der Waals surface area contributed by atoms with Gasteiger partial charge in [-0.3, -0.25) is 0 Å². The number of rotatable bonds is 5. The molecule has 1 rings (SSSR count). The number of nitrogens with two attached hydrogens (primary N) is 1. The Kier molecular flexibility index (Phi) is 5.29. The van der Waals surface area contributed by atoms with Crippen LogP contribution < -0.4 is 10.5 Å². The molecule has 1 atom stereocenters. The van der Waals surface area contributed by atoms with Crippen molar-refractivity contribution in [3.05, 3.63) is 29.3 Å². The Morgan fingerprint density at radius 3 is 2.29 bits per heavy atom. The van der Waals surface area contributed by atoms with E-state index < -0.39 is 0 Å². The molecule has 0 saturated heterocycles. The first-order valence-corrected chi connectivity index (χ1v) is 6.37. The van der Waals surface area contributed by atoms with Crippen molar-refractivity contribution in [1.29, 1.82) is 0 Å². The van der Waals surface area contributed by atoms with Gasteiger partial charge in [0.15, 0.2) is 0 Å². The molecule has 0 aliphatic rings. The van der Waals surface area contributed by atoms with Crippen LogP contribution in [0.1, 0.15) is 27.2 Å². The molecule has 2 nitrogen and oxygen atoms in total. The smallest absolute Gasteiger partial charge is 0.119 e. The van der Waals surface area contributed by atoms with Crippen molar-refractivity contribution in [3.8, 4) is 5.75 Å². The summed E-state index contributed by atoms with van der Waals surface area (Å²) in [6.07, 6.45) is 1.07. The van der Waals surface area contributed by atoms with Crippen molar-refractivity contribution in [2.75, 3.05) is 13.2 Å². The first kappa shape index (κ1) is 14.3. The average molecular weight is 256 g/mol. The summed E-state index contributed by atoms with van der Waals surface area (Å²) in [6, 6.07) is 7.43. The summed E-state index contributed by atoms with van der Waals surface area (Å²) in [4.78, 5) is 0. The number of ether oxygens (including phenoxy) is 1. The molecular weight excluding hydrogens is 234 g/mol. The van der Waals surface area contributed by atoms with Crippen molar-refractivity contribution in [3.63, 3.8) is 0 Å². The predicted octanol–water partition coefficient (Wildman–Crippen LogP) is 3.73. The van der Waals surface area contributed by atoms with Crippen molar-refractivity contribution < 1.29 is 4.74 Å². The highest BCUT2D eigenvalue weighted by atomic mass is 35.5. The summed E-state index contributed by atoms with van der Waals surface area (Å²) in [6.45, 7) is 7.98. The number of hydrogen-bond acceptors (Lipinski definition) is 2. The molecule has 3 heteroatoms. The van der Waals surface area contributed by atoms with E-state index in [1.54, 1.807) is 0 Å². The SMILES string of the molecule is CC(C)(C)CC(CN)COc1ccc(Cl)cc1. The molecular formula is C14H22ClNO. The molecule has 0 bridgehead atoms. The molecule has 0 aliphatic carbocycles. The van der Waals surface area contributed by atoms with E-state index in [-0.39, 0.29) is 5.41 Å². The lowest BCUT2D eigenvalue weighted by atomic mass is 9.85. The van der Waals surface area contributed by atoms with Crippen LogP contribution in [0, 0.1) is 11.3 Å². The minimum Gasteiger partial charge on any atom is -0.493 e. The van der Waals surface area contributed by atoms with Gasteiger partial charge >= 0.3 is 0 Å². The molecule has 0 heterocycles. The molecule has 0 aromatic heterocycles. The summed E-state index contributed by atoms with van der Waals surface area (Å²) in [5, 5.41) is 0.724. The summed E-state index contributed by atoms with van der Waals surface area (Å²) in [5.74, 6) is 1.24. The normalized spacial score (nSPS) is 13.5. The molecule has 1 unspecified atom stereocenters. The molecule has 1 aromatic rings. The largest absolute Gasteiger partial charge is 0.493 e. The van der Waals surface area contributed by atoms with E-state index in [2.05, 4.69) is 20.8 Å². The summed E-state index contributed by atoms with van der Waals surface area (Å²) < 4.78 is 5.72. The van der Waals surface area contributed by atoms with Crippen molar-refractivity contribution >= 4 is 11.6 Å². The second-order valence-corrected chi connectivity index (χ2v) is 6.07. The third-order valence-electron chi connectivity index (χ3n) is 2.53. The average Bonchev–Trinajstić information content (AvgIpc) is 2.25. The van der Waals surface area contributed by atoms with Gasteiger partial charge in [0, 0.05) is 10.9 Å². The van der Waals surface area contributed by atoms with Gasteiger partial charge in [0.2, 0.25) is 0 Å². The van der Waals surface area contributed by atoms with Crippen LogP contribution in [0.2, 0.25) is 5.02 Å². The van der Waals surface area contributed by atoms with Crippen LogP contribution >= 0.6 is 11.6 Å². The molecule has 0 amide bonds. The fourth-order valence-electron chi connectivity index (χ4n) is 1.82. The molecule has 2 N–H and O–H groups in total. The third kappa shape index (κ3) is 5.94. The van der Waals surface area contributed by atoms with E-state index in [9.17, 15) is 0 Å². The first-order chi connectivity index (χ1) is 7.90. The van der Waals surface area contributed by atoms with Gasteiger partial charge in [-0.15, -0.1) is 0 Å². The molecule has 0 spiro atoms. The summed E-state index contributed by atoms with van der Waals surface area (Å²) in [7, 11) is 0. The molecule has 1 aromatic carbocycles. The maximum absolute atomic E-state index is 5.81. The van der Waals surface area contributed by atoms with Crippen LogP contribution in [0.15, 0.2) is 24.3 Å². The lowest BCUT2D eigenvalue weighted by Gasteiger charge is -2.25. The molecule has 0 saturated carbocycles. The van der Waals surface area contributed by atoms with Crippen LogP contribution in [0.5, 0.6) is 5.75 Å². The Morgan fingerprint density at radius 2 is 1.82 bits per heavy atom. The maximum Gasteiger partial charge on any atom is 0.119 e. The van der Waals surface area contributed by atoms with E-state index in [0.717, 1.165) is 17.2 Å². The quantitative estimate of drug-likeness (QED) is 0.870. The number of halogens is 1. The molecule has 0 fully saturated rings. The minimum absolute atomic E-state index is 0.285. The van der Waals surface area contributed by atoms with Crippen molar-refractivity contribution in [2.45, 2.75) is 27.2 Å². The highest BCUT2D eigenvalue weighted by molar-refractivity contribution is 6.30. The van der Waals surface area contributed by atoms with Crippen LogP contribution in [-0.4, -0.2) is 13.2 Å². The van der Waals surface area contributed by atoms with E-state index in [1.807, 2.05) is 24.3 Å². The standard InChI is InChI=1S/C14H22ClNO/c1-14(2,3)8-11(9-16)10-17-13-6-4-12(15)5-7-13/h4-7,11H,8-10,16H2,1-3H3. The van der Waals surface area contributed by atoms with Crippen molar-refractivity contribution in [1.82, 2.24) is 0 Å². The van der Waals surface area contributed by atoms with Crippen LogP contribution in [0.4, 0.5) is 0 Å². The van der Waals surface area contributed by atoms with E-state index >= 15 is 0 Å². The summed E-state index contributed by atoms with van der Waals surface area (Å²) in [5.41, 5.74) is 6.05. The highest BCUT2D eigenvalue weighted by Crippen LogP contribution is 2.25. The molecule has 0 radical (unpaired) electrons. The maximum atomic E-state index is 5.81. The van der Waals surface area contributed by atoms with Gasteiger partial charge in [-0.2, -0.15) is 0 Å². The van der Waals surface area contributed by atoms with Crippen LogP contribution in [0.3, 0.4) is 0 Å². The van der Waals surface area contributed by atoms with Gasteiger partial charge < -0.3 is 10.5 Å². The predicted molar refractivity (Wildman–Crippen MR) is 73.6 cm³/mol. The Labute approximate surface area is 109 Å². The van der Waals surface area contributed by atoms with Gasteiger partial charge in [0.1, 0.15) is 5.75 Å². The molecule has 17 heavy (non-hydrogen) atoms. The third-order valence-corrected chi connectivity index (χ3v) is 2.79. The van der Waals surface area contributed by atoms with Gasteiger partial charge in [0.25, 0.3) is 0 Å². The zero-order valence-electron chi connectivity index (χ0n) is 10.9. The van der Waals surface area contributed by atoms with Gasteiger partial charge in [0.05, 0.1) is 6.61 Å². The van der Waals surface area contributed by atoms with Crippen molar-refractivity contribution in [2.24, 2.45) is 17.1 Å². The second-order valence-electron chi connectivity index (χ2n) is 5.63. The zero-order valence-corrected chi connectivity index (χ0v) is 11.6. The van der Waals surface area contributed by atoms with Gasteiger partial charge in [-0.05, 0) is 42.6 Å². The Balaban J connectivity index is 2.45. The Hall–Kier alpha value is -0.730. The lowest BCUT2D eigenvalue weighted by molar-refractivity contribution is 0.199. The lowest BCUT2D eigenvalue weighted by Crippen LogP contribution is -2.26. The first-order valence-electron chi connectivity index (χ1n) is 5.99. The van der Waals surface area contributed by atoms with E-state index in [1.165, 1.54) is 0 Å². The van der Waals surface area contributed by atoms with Crippen LogP contribution in [0.25, 0.3) is 0 Å². The Bertz CT molecular complexity index is 329. The topological polar surface area (TPSA) is 35.2 Å². The van der Waals surface area contributed by atoms with E-state index in [0.29, 0.717) is 19.1 Å². The van der Waals surface area contributed by atoms with E-state index in [4.69, 9.17) is 22.1 Å². The molecule has 96 valence electrons. The second kappa shape index (κ2) is 6.27. The van der Waals surface area contributed by atoms with Crippen LogP contribution in [-0.2, 0) is 0 Å². The van der Waals surface area contributed by atoms with Gasteiger partial charge in [-0.25, -0.2) is 0 Å². The summed E-state index contributed by atoms with van der Waals surface area (Å²) >= 11 is 5.81.